The smallest absolute Gasteiger partial charge is 0.191 e. The number of fused-ring (bicyclic) bond motifs is 1. The van der Waals surface area contributed by atoms with Crippen molar-refractivity contribution in [1.82, 2.24) is 10.6 Å². The molecule has 2 aliphatic rings. The molecule has 2 N–H and O–H groups in total. The lowest BCUT2D eigenvalue weighted by Crippen LogP contribution is -2.41. The first-order valence-corrected chi connectivity index (χ1v) is 8.31. The fourth-order valence-corrected chi connectivity index (χ4v) is 2.99. The van der Waals surface area contributed by atoms with Crippen molar-refractivity contribution in [3.63, 3.8) is 0 Å². The summed E-state index contributed by atoms with van der Waals surface area (Å²) in [5.41, 5.74) is 2.67. The largest absolute Gasteiger partial charge is 0.493 e. The van der Waals surface area contributed by atoms with E-state index in [4.69, 9.17) is 9.47 Å². The van der Waals surface area contributed by atoms with Crippen LogP contribution < -0.4 is 15.4 Å². The van der Waals surface area contributed by atoms with Crippen LogP contribution in [0.4, 0.5) is 0 Å². The van der Waals surface area contributed by atoms with Crippen molar-refractivity contribution >= 4 is 29.9 Å². The van der Waals surface area contributed by atoms with Crippen LogP contribution >= 0.6 is 24.0 Å². The van der Waals surface area contributed by atoms with E-state index in [0.717, 1.165) is 57.3 Å². The quantitative estimate of drug-likeness (QED) is 0.325. The van der Waals surface area contributed by atoms with E-state index in [1.54, 1.807) is 0 Å². The zero-order valence-corrected chi connectivity index (χ0v) is 16.4. The van der Waals surface area contributed by atoms with Gasteiger partial charge in [0.1, 0.15) is 5.75 Å². The lowest BCUT2D eigenvalue weighted by Gasteiger charge is -2.28. The van der Waals surface area contributed by atoms with Crippen LogP contribution in [0.5, 0.6) is 5.75 Å². The summed E-state index contributed by atoms with van der Waals surface area (Å²) in [4.78, 5) is 4.35. The Bertz CT molecular complexity index is 589. The SMILES string of the molecule is CN=C(NCCC1=CCOCC1)NC1CCOc2ccccc21.I. The summed E-state index contributed by atoms with van der Waals surface area (Å²) < 4.78 is 11.0. The summed E-state index contributed by atoms with van der Waals surface area (Å²) in [6.07, 6.45) is 5.21. The Morgan fingerprint density at radius 2 is 2.17 bits per heavy atom. The van der Waals surface area contributed by atoms with Crippen LogP contribution in [0.25, 0.3) is 0 Å². The lowest BCUT2D eigenvalue weighted by atomic mass is 10.0. The van der Waals surface area contributed by atoms with Crippen LogP contribution in [-0.2, 0) is 4.74 Å². The van der Waals surface area contributed by atoms with Crippen molar-refractivity contribution in [2.45, 2.75) is 25.3 Å². The molecule has 1 aromatic carbocycles. The van der Waals surface area contributed by atoms with Gasteiger partial charge in [-0.1, -0.05) is 29.8 Å². The maximum atomic E-state index is 5.71. The molecule has 0 radical (unpaired) electrons. The second kappa shape index (κ2) is 9.88. The van der Waals surface area contributed by atoms with Gasteiger partial charge in [0.25, 0.3) is 0 Å². The van der Waals surface area contributed by atoms with Crippen LogP contribution in [0, 0.1) is 0 Å². The number of aliphatic imine (C=N–C) groups is 1. The summed E-state index contributed by atoms with van der Waals surface area (Å²) in [5, 5.41) is 6.93. The van der Waals surface area contributed by atoms with Gasteiger partial charge in [0.15, 0.2) is 5.96 Å². The number of hydrogen-bond donors (Lipinski definition) is 2. The average molecular weight is 443 g/mol. The van der Waals surface area contributed by atoms with E-state index in [1.165, 1.54) is 11.1 Å². The molecule has 24 heavy (non-hydrogen) atoms. The van der Waals surface area contributed by atoms with Crippen LogP contribution in [0.2, 0.25) is 0 Å². The van der Waals surface area contributed by atoms with Crippen LogP contribution in [0.15, 0.2) is 40.9 Å². The number of ether oxygens (including phenoxy) is 2. The van der Waals surface area contributed by atoms with Crippen LogP contribution in [0.1, 0.15) is 30.9 Å². The second-order valence-electron chi connectivity index (χ2n) is 5.81. The average Bonchev–Trinajstić information content (AvgIpc) is 2.62. The summed E-state index contributed by atoms with van der Waals surface area (Å²) in [7, 11) is 1.81. The first kappa shape index (κ1) is 19.1. The van der Waals surface area contributed by atoms with Gasteiger partial charge in [-0.2, -0.15) is 0 Å². The van der Waals surface area contributed by atoms with E-state index in [-0.39, 0.29) is 30.0 Å². The van der Waals surface area contributed by atoms with Gasteiger partial charge in [-0.05, 0) is 18.9 Å². The van der Waals surface area contributed by atoms with Crippen molar-refractivity contribution in [3.05, 3.63) is 41.5 Å². The van der Waals surface area contributed by atoms with Crippen molar-refractivity contribution in [2.75, 3.05) is 33.4 Å². The molecule has 132 valence electrons. The van der Waals surface area contributed by atoms with E-state index >= 15 is 0 Å². The zero-order valence-electron chi connectivity index (χ0n) is 14.1. The van der Waals surface area contributed by atoms with E-state index < -0.39 is 0 Å². The third-order valence-corrected chi connectivity index (χ3v) is 4.29. The highest BCUT2D eigenvalue weighted by molar-refractivity contribution is 14.0. The van der Waals surface area contributed by atoms with Gasteiger partial charge in [-0.3, -0.25) is 4.99 Å². The molecule has 3 rings (SSSR count). The number of benzene rings is 1. The predicted octanol–water partition coefficient (Wildman–Crippen LogP) is 3.03. The molecule has 0 saturated carbocycles. The number of halogens is 1. The molecule has 0 fully saturated rings. The molecule has 2 aliphatic heterocycles. The van der Waals surface area contributed by atoms with Gasteiger partial charge in [-0.15, -0.1) is 24.0 Å². The molecule has 1 aromatic rings. The molecule has 2 heterocycles. The minimum Gasteiger partial charge on any atom is -0.493 e. The minimum absolute atomic E-state index is 0. The highest BCUT2D eigenvalue weighted by atomic mass is 127. The zero-order chi connectivity index (χ0) is 15.9. The highest BCUT2D eigenvalue weighted by Gasteiger charge is 2.21. The van der Waals surface area contributed by atoms with Gasteiger partial charge >= 0.3 is 0 Å². The Balaban J connectivity index is 0.00000208. The molecule has 0 aromatic heterocycles. The summed E-state index contributed by atoms with van der Waals surface area (Å²) >= 11 is 0. The van der Waals surface area contributed by atoms with Gasteiger partial charge < -0.3 is 20.1 Å². The van der Waals surface area contributed by atoms with Gasteiger partial charge in [-0.25, -0.2) is 0 Å². The molecule has 0 amide bonds. The normalized spacial score (nSPS) is 20.1. The van der Waals surface area contributed by atoms with Crippen molar-refractivity contribution in [2.24, 2.45) is 4.99 Å². The number of nitrogens with one attached hydrogen (secondary N) is 2. The number of nitrogens with zero attached hydrogens (tertiary/aromatic N) is 1. The molecule has 0 bridgehead atoms. The maximum absolute atomic E-state index is 5.71. The Hall–Kier alpha value is -1.28. The third-order valence-electron chi connectivity index (χ3n) is 4.29. The lowest BCUT2D eigenvalue weighted by molar-refractivity contribution is 0.153. The van der Waals surface area contributed by atoms with Gasteiger partial charge in [0, 0.05) is 25.6 Å². The Labute approximate surface area is 160 Å². The third kappa shape index (κ3) is 5.11. The maximum Gasteiger partial charge on any atom is 0.191 e. The molecule has 0 aliphatic carbocycles. The first-order chi connectivity index (χ1) is 11.4. The topological polar surface area (TPSA) is 54.9 Å². The van der Waals surface area contributed by atoms with Gasteiger partial charge in [0.05, 0.1) is 25.9 Å². The first-order valence-electron chi connectivity index (χ1n) is 8.31. The second-order valence-corrected chi connectivity index (χ2v) is 5.81. The minimum atomic E-state index is 0. The molecular weight excluding hydrogens is 417 g/mol. The molecular formula is C18H26IN3O2. The Morgan fingerprint density at radius 1 is 1.29 bits per heavy atom. The van der Waals surface area contributed by atoms with Crippen molar-refractivity contribution < 1.29 is 9.47 Å². The fourth-order valence-electron chi connectivity index (χ4n) is 2.99. The number of hydrogen-bond acceptors (Lipinski definition) is 3. The van der Waals surface area contributed by atoms with Crippen LogP contribution in [-0.4, -0.2) is 39.4 Å². The fraction of sp³-hybridized carbons (Fsp3) is 0.500. The molecule has 0 saturated heterocycles. The van der Waals surface area contributed by atoms with Crippen molar-refractivity contribution in [3.8, 4) is 5.75 Å². The highest BCUT2D eigenvalue weighted by Crippen LogP contribution is 2.31. The predicted molar refractivity (Wildman–Crippen MR) is 107 cm³/mol. The standard InChI is InChI=1S/C18H25N3O2.HI/c1-19-18(20-10-6-14-7-11-22-12-8-14)21-16-9-13-23-17-5-3-2-4-15(16)17;/h2-5,7,16H,6,8-13H2,1H3,(H2,19,20,21);1H. The number of rotatable bonds is 4. The molecule has 5 nitrogen and oxygen atoms in total. The van der Waals surface area contributed by atoms with Crippen LogP contribution in [0.3, 0.4) is 0 Å². The summed E-state index contributed by atoms with van der Waals surface area (Å²) in [6.45, 7) is 3.22. The molecule has 1 unspecified atom stereocenters. The number of guanidine groups is 1. The molecule has 1 atom stereocenters. The van der Waals surface area contributed by atoms with E-state index in [9.17, 15) is 0 Å². The monoisotopic (exact) mass is 443 g/mol. The van der Waals surface area contributed by atoms with Gasteiger partial charge in [0.2, 0.25) is 0 Å². The Kier molecular flexibility index (Phi) is 7.84. The Morgan fingerprint density at radius 3 is 2.96 bits per heavy atom. The molecule has 6 heteroatoms. The summed E-state index contributed by atoms with van der Waals surface area (Å²) in [5.74, 6) is 1.82. The van der Waals surface area contributed by atoms with E-state index in [0.29, 0.717) is 0 Å². The number of para-hydroxylation sites is 1. The molecule has 0 spiro atoms. The van der Waals surface area contributed by atoms with E-state index in [1.807, 2.05) is 19.2 Å². The van der Waals surface area contributed by atoms with Crippen molar-refractivity contribution in [1.29, 1.82) is 0 Å². The van der Waals surface area contributed by atoms with E-state index in [2.05, 4.69) is 33.8 Å². The summed E-state index contributed by atoms with van der Waals surface area (Å²) in [6, 6.07) is 8.45.